The summed E-state index contributed by atoms with van der Waals surface area (Å²) in [5, 5.41) is 5.71. The van der Waals surface area contributed by atoms with Crippen LogP contribution in [0.5, 0.6) is 0 Å². The minimum atomic E-state index is -0.690. The first-order valence-electron chi connectivity index (χ1n) is 5.08. The van der Waals surface area contributed by atoms with Crippen LogP contribution in [-0.4, -0.2) is 41.9 Å². The Balaban J connectivity index is 2.58. The van der Waals surface area contributed by atoms with Crippen LogP contribution in [0.4, 0.5) is 0 Å². The van der Waals surface area contributed by atoms with Gasteiger partial charge in [0.15, 0.2) is 0 Å². The number of hydrogen-bond donors (Lipinski definition) is 1. The van der Waals surface area contributed by atoms with E-state index in [-0.39, 0.29) is 18.4 Å². The van der Waals surface area contributed by atoms with Crippen LogP contribution >= 0.6 is 0 Å². The molecular weight excluding hydrogens is 210 g/mol. The summed E-state index contributed by atoms with van der Waals surface area (Å²) < 4.78 is 0. The Labute approximate surface area is 93.4 Å². The van der Waals surface area contributed by atoms with Gasteiger partial charge in [0.25, 0.3) is 0 Å². The van der Waals surface area contributed by atoms with Crippen LogP contribution in [0.1, 0.15) is 20.3 Å². The SMILES string of the molecule is CC1(C)C(=O)NC(=O)CN1CCCN=[N+]=[N-]. The molecule has 0 bridgehead atoms. The fraction of sp³-hybridized carbons (Fsp3) is 0.778. The van der Waals surface area contributed by atoms with Crippen LogP contribution in [0.15, 0.2) is 5.11 Å². The molecule has 0 spiro atoms. The van der Waals surface area contributed by atoms with E-state index in [1.54, 1.807) is 18.7 Å². The lowest BCUT2D eigenvalue weighted by Gasteiger charge is -2.40. The Morgan fingerprint density at radius 3 is 2.88 bits per heavy atom. The van der Waals surface area contributed by atoms with Gasteiger partial charge in [-0.3, -0.25) is 19.8 Å². The van der Waals surface area contributed by atoms with Gasteiger partial charge in [0.1, 0.15) is 0 Å². The minimum Gasteiger partial charge on any atom is -0.294 e. The lowest BCUT2D eigenvalue weighted by Crippen LogP contribution is -2.64. The molecule has 0 radical (unpaired) electrons. The zero-order valence-corrected chi connectivity index (χ0v) is 9.43. The maximum atomic E-state index is 11.6. The number of imide groups is 1. The highest BCUT2D eigenvalue weighted by molar-refractivity contribution is 6.02. The largest absolute Gasteiger partial charge is 0.294 e. The van der Waals surface area contributed by atoms with Crippen molar-refractivity contribution < 1.29 is 9.59 Å². The Hall–Kier alpha value is -1.59. The molecule has 0 atom stereocenters. The standard InChI is InChI=1S/C9H15N5O2/c1-9(2)8(16)12-7(15)6-14(9)5-3-4-11-13-10/h3-6H2,1-2H3,(H,12,15,16). The molecule has 88 valence electrons. The molecule has 0 aromatic carbocycles. The molecule has 7 heteroatoms. The summed E-state index contributed by atoms with van der Waals surface area (Å²) in [7, 11) is 0. The molecule has 1 N–H and O–H groups in total. The van der Waals surface area contributed by atoms with E-state index in [1.807, 2.05) is 0 Å². The van der Waals surface area contributed by atoms with Crippen molar-refractivity contribution in [3.63, 3.8) is 0 Å². The molecule has 7 nitrogen and oxygen atoms in total. The van der Waals surface area contributed by atoms with Crippen molar-refractivity contribution in [2.75, 3.05) is 19.6 Å². The highest BCUT2D eigenvalue weighted by Gasteiger charge is 2.40. The lowest BCUT2D eigenvalue weighted by molar-refractivity contribution is -0.145. The maximum Gasteiger partial charge on any atom is 0.246 e. The van der Waals surface area contributed by atoms with Gasteiger partial charge in [0, 0.05) is 11.5 Å². The van der Waals surface area contributed by atoms with E-state index < -0.39 is 5.54 Å². The molecule has 1 aliphatic heterocycles. The maximum absolute atomic E-state index is 11.6. The molecule has 0 aromatic rings. The molecule has 1 rings (SSSR count). The summed E-state index contributed by atoms with van der Waals surface area (Å²) in [4.78, 5) is 27.2. The van der Waals surface area contributed by atoms with Gasteiger partial charge in [-0.1, -0.05) is 5.11 Å². The van der Waals surface area contributed by atoms with Crippen LogP contribution in [0, 0.1) is 0 Å². The number of nitrogens with zero attached hydrogens (tertiary/aromatic N) is 4. The Kier molecular flexibility index (Phi) is 3.87. The van der Waals surface area contributed by atoms with E-state index in [2.05, 4.69) is 15.3 Å². The molecule has 1 heterocycles. The predicted octanol–water partition coefficient (Wildman–Crippen LogP) is 0.424. The molecule has 1 saturated heterocycles. The minimum absolute atomic E-state index is 0.203. The third-order valence-electron chi connectivity index (χ3n) is 2.68. The van der Waals surface area contributed by atoms with E-state index in [4.69, 9.17) is 5.53 Å². The Bertz CT molecular complexity index is 346. The summed E-state index contributed by atoms with van der Waals surface area (Å²) in [5.41, 5.74) is 7.43. The van der Waals surface area contributed by atoms with E-state index in [9.17, 15) is 9.59 Å². The molecule has 1 aliphatic rings. The quantitative estimate of drug-likeness (QED) is 0.247. The molecule has 2 amide bonds. The van der Waals surface area contributed by atoms with Crippen LogP contribution in [-0.2, 0) is 9.59 Å². The van der Waals surface area contributed by atoms with Crippen molar-refractivity contribution in [1.29, 1.82) is 0 Å². The first kappa shape index (κ1) is 12.5. The normalized spacial score (nSPS) is 20.1. The van der Waals surface area contributed by atoms with E-state index in [0.717, 1.165) is 0 Å². The Morgan fingerprint density at radius 2 is 2.25 bits per heavy atom. The van der Waals surface area contributed by atoms with Crippen LogP contribution in [0.25, 0.3) is 10.4 Å². The highest BCUT2D eigenvalue weighted by Crippen LogP contribution is 2.18. The van der Waals surface area contributed by atoms with E-state index in [1.165, 1.54) is 0 Å². The first-order chi connectivity index (χ1) is 7.48. The molecule has 16 heavy (non-hydrogen) atoms. The molecule has 1 fully saturated rings. The van der Waals surface area contributed by atoms with Crippen molar-refractivity contribution in [3.05, 3.63) is 10.4 Å². The lowest BCUT2D eigenvalue weighted by atomic mass is 9.98. The molecule has 0 unspecified atom stereocenters. The third kappa shape index (κ3) is 2.71. The number of carbonyl (C=O) groups excluding carboxylic acids is 2. The van der Waals surface area contributed by atoms with Gasteiger partial charge in [0.05, 0.1) is 12.1 Å². The Morgan fingerprint density at radius 1 is 1.56 bits per heavy atom. The summed E-state index contributed by atoms with van der Waals surface area (Å²) in [5.74, 6) is -0.569. The average molecular weight is 225 g/mol. The van der Waals surface area contributed by atoms with Crippen molar-refractivity contribution in [2.24, 2.45) is 5.11 Å². The summed E-state index contributed by atoms with van der Waals surface area (Å²) in [6.07, 6.45) is 0.633. The van der Waals surface area contributed by atoms with Gasteiger partial charge < -0.3 is 0 Å². The number of amides is 2. The smallest absolute Gasteiger partial charge is 0.246 e. The van der Waals surface area contributed by atoms with Crippen molar-refractivity contribution in [2.45, 2.75) is 25.8 Å². The van der Waals surface area contributed by atoms with E-state index in [0.29, 0.717) is 19.5 Å². The summed E-state index contributed by atoms with van der Waals surface area (Å²) in [6.45, 7) is 4.67. The summed E-state index contributed by atoms with van der Waals surface area (Å²) in [6, 6.07) is 0. The van der Waals surface area contributed by atoms with Gasteiger partial charge in [-0.05, 0) is 32.3 Å². The number of nitrogens with one attached hydrogen (secondary N) is 1. The number of rotatable bonds is 4. The number of carbonyl (C=O) groups is 2. The second-order valence-electron chi connectivity index (χ2n) is 4.17. The van der Waals surface area contributed by atoms with Crippen molar-refractivity contribution >= 4 is 11.8 Å². The fourth-order valence-corrected chi connectivity index (χ4v) is 1.57. The van der Waals surface area contributed by atoms with Crippen molar-refractivity contribution in [1.82, 2.24) is 10.2 Å². The average Bonchev–Trinajstić information content (AvgIpc) is 2.20. The second kappa shape index (κ2) is 4.96. The second-order valence-corrected chi connectivity index (χ2v) is 4.17. The van der Waals surface area contributed by atoms with Gasteiger partial charge in [0.2, 0.25) is 11.8 Å². The molecular formula is C9H15N5O2. The fourth-order valence-electron chi connectivity index (χ4n) is 1.57. The van der Waals surface area contributed by atoms with Crippen LogP contribution in [0.3, 0.4) is 0 Å². The van der Waals surface area contributed by atoms with Gasteiger partial charge in [-0.2, -0.15) is 0 Å². The van der Waals surface area contributed by atoms with Gasteiger partial charge in [-0.15, -0.1) is 0 Å². The number of azide groups is 1. The van der Waals surface area contributed by atoms with E-state index >= 15 is 0 Å². The first-order valence-corrected chi connectivity index (χ1v) is 5.08. The number of piperazine rings is 1. The zero-order chi connectivity index (χ0) is 12.2. The predicted molar refractivity (Wildman–Crippen MR) is 57.4 cm³/mol. The molecule has 0 aromatic heterocycles. The molecule has 0 aliphatic carbocycles. The van der Waals surface area contributed by atoms with Crippen molar-refractivity contribution in [3.8, 4) is 0 Å². The number of hydrogen-bond acceptors (Lipinski definition) is 4. The zero-order valence-electron chi connectivity index (χ0n) is 9.43. The van der Waals surface area contributed by atoms with Crippen LogP contribution in [0.2, 0.25) is 0 Å². The van der Waals surface area contributed by atoms with Gasteiger partial charge in [-0.25, -0.2) is 0 Å². The topological polar surface area (TPSA) is 98.2 Å². The monoisotopic (exact) mass is 225 g/mol. The third-order valence-corrected chi connectivity index (χ3v) is 2.68. The van der Waals surface area contributed by atoms with Gasteiger partial charge >= 0.3 is 0 Å². The molecule has 0 saturated carbocycles. The highest BCUT2D eigenvalue weighted by atomic mass is 16.2. The van der Waals surface area contributed by atoms with Crippen LogP contribution < -0.4 is 5.32 Å². The summed E-state index contributed by atoms with van der Waals surface area (Å²) >= 11 is 0.